The van der Waals surface area contributed by atoms with Gasteiger partial charge in [-0.2, -0.15) is 5.26 Å². The Balaban J connectivity index is 1.98. The van der Waals surface area contributed by atoms with Crippen molar-refractivity contribution in [2.45, 2.75) is 26.2 Å². The van der Waals surface area contributed by atoms with Crippen LogP contribution in [0.1, 0.15) is 42.2 Å². The summed E-state index contributed by atoms with van der Waals surface area (Å²) in [5.41, 5.74) is 1.66. The van der Waals surface area contributed by atoms with Gasteiger partial charge < -0.3 is 10.6 Å². The van der Waals surface area contributed by atoms with E-state index in [4.69, 9.17) is 5.26 Å². The maximum atomic E-state index is 12.0. The van der Waals surface area contributed by atoms with Gasteiger partial charge in [-0.1, -0.05) is 19.8 Å². The van der Waals surface area contributed by atoms with Gasteiger partial charge in [-0.25, -0.2) is 9.97 Å². The lowest BCUT2D eigenvalue weighted by molar-refractivity contribution is 0.0948. The number of hydrogen-bond acceptors (Lipinski definition) is 5. The summed E-state index contributed by atoms with van der Waals surface area (Å²) in [5, 5.41) is 14.6. The first-order valence-corrected chi connectivity index (χ1v) is 7.61. The Morgan fingerprint density at radius 1 is 1.22 bits per heavy atom. The molecule has 0 radical (unpaired) electrons. The maximum Gasteiger partial charge on any atom is 0.270 e. The number of benzene rings is 1. The summed E-state index contributed by atoms with van der Waals surface area (Å²) in [4.78, 5) is 20.3. The van der Waals surface area contributed by atoms with Crippen molar-refractivity contribution in [2.24, 2.45) is 0 Å². The highest BCUT2D eigenvalue weighted by atomic mass is 16.1. The van der Waals surface area contributed by atoms with Gasteiger partial charge in [0.05, 0.1) is 11.6 Å². The highest BCUT2D eigenvalue weighted by Crippen LogP contribution is 2.13. The molecular formula is C17H19N5O. The molecule has 0 saturated heterocycles. The molecule has 6 heteroatoms. The summed E-state index contributed by atoms with van der Waals surface area (Å²) in [6.07, 6.45) is 4.71. The summed E-state index contributed by atoms with van der Waals surface area (Å²) < 4.78 is 0. The molecule has 1 aromatic carbocycles. The number of carbonyl (C=O) groups is 1. The molecule has 1 heterocycles. The van der Waals surface area contributed by atoms with E-state index in [9.17, 15) is 4.79 Å². The average molecular weight is 309 g/mol. The number of hydrogen-bond donors (Lipinski definition) is 2. The summed E-state index contributed by atoms with van der Waals surface area (Å²) in [6, 6.07) is 10.6. The molecule has 0 spiro atoms. The highest BCUT2D eigenvalue weighted by molar-refractivity contribution is 5.92. The third kappa shape index (κ3) is 5.08. The number of nitriles is 1. The van der Waals surface area contributed by atoms with E-state index in [0.29, 0.717) is 23.8 Å². The van der Waals surface area contributed by atoms with Crippen LogP contribution in [-0.4, -0.2) is 22.4 Å². The molecule has 2 N–H and O–H groups in total. The van der Waals surface area contributed by atoms with E-state index in [-0.39, 0.29) is 5.91 Å². The Labute approximate surface area is 135 Å². The van der Waals surface area contributed by atoms with Crippen LogP contribution in [0.25, 0.3) is 0 Å². The van der Waals surface area contributed by atoms with Gasteiger partial charge in [-0.05, 0) is 36.8 Å². The molecule has 0 atom stereocenters. The smallest absolute Gasteiger partial charge is 0.270 e. The molecule has 118 valence electrons. The molecule has 2 rings (SSSR count). The fraction of sp³-hybridized carbons (Fsp3) is 0.294. The third-order valence-corrected chi connectivity index (χ3v) is 3.22. The van der Waals surface area contributed by atoms with Gasteiger partial charge in [-0.3, -0.25) is 4.79 Å². The lowest BCUT2D eigenvalue weighted by Crippen LogP contribution is -2.25. The van der Waals surface area contributed by atoms with E-state index in [1.54, 1.807) is 36.5 Å². The fourth-order valence-electron chi connectivity index (χ4n) is 1.97. The van der Waals surface area contributed by atoms with Crippen molar-refractivity contribution in [3.8, 4) is 6.07 Å². The standard InChI is InChI=1S/C17H19N5O/c1-2-3-4-10-19-16(23)15-9-11-20-17(22-15)21-14-7-5-13(12-18)6-8-14/h5-9,11H,2-4,10H2,1H3,(H,19,23)(H,20,21,22). The van der Waals surface area contributed by atoms with Crippen molar-refractivity contribution in [3.05, 3.63) is 47.8 Å². The van der Waals surface area contributed by atoms with Crippen molar-refractivity contribution < 1.29 is 4.79 Å². The number of nitrogens with one attached hydrogen (secondary N) is 2. The predicted molar refractivity (Wildman–Crippen MR) is 88.3 cm³/mol. The van der Waals surface area contributed by atoms with Crippen molar-refractivity contribution in [2.75, 3.05) is 11.9 Å². The van der Waals surface area contributed by atoms with E-state index in [0.717, 1.165) is 24.9 Å². The van der Waals surface area contributed by atoms with Crippen LogP contribution in [-0.2, 0) is 0 Å². The summed E-state index contributed by atoms with van der Waals surface area (Å²) in [5.74, 6) is 0.141. The average Bonchev–Trinajstić information content (AvgIpc) is 2.59. The molecule has 0 fully saturated rings. The van der Waals surface area contributed by atoms with Gasteiger partial charge in [0.25, 0.3) is 5.91 Å². The molecule has 2 aromatic rings. The third-order valence-electron chi connectivity index (χ3n) is 3.22. The quantitative estimate of drug-likeness (QED) is 0.767. The van der Waals surface area contributed by atoms with Crippen molar-refractivity contribution in [3.63, 3.8) is 0 Å². The van der Waals surface area contributed by atoms with Gasteiger partial charge >= 0.3 is 0 Å². The number of nitrogens with zero attached hydrogens (tertiary/aromatic N) is 3. The largest absolute Gasteiger partial charge is 0.351 e. The molecule has 0 aliphatic heterocycles. The van der Waals surface area contributed by atoms with Crippen LogP contribution in [0.15, 0.2) is 36.5 Å². The van der Waals surface area contributed by atoms with Crippen molar-refractivity contribution in [1.82, 2.24) is 15.3 Å². The first kappa shape index (κ1) is 16.4. The lowest BCUT2D eigenvalue weighted by atomic mass is 10.2. The van der Waals surface area contributed by atoms with Gasteiger partial charge in [0, 0.05) is 18.4 Å². The maximum absolute atomic E-state index is 12.0. The molecule has 0 aliphatic rings. The first-order valence-electron chi connectivity index (χ1n) is 7.61. The second kappa shape index (κ2) is 8.49. The van der Waals surface area contributed by atoms with E-state index < -0.39 is 0 Å². The molecule has 23 heavy (non-hydrogen) atoms. The minimum atomic E-state index is -0.202. The van der Waals surface area contributed by atoms with E-state index in [1.807, 2.05) is 0 Å². The number of anilines is 2. The second-order valence-corrected chi connectivity index (χ2v) is 5.04. The van der Waals surface area contributed by atoms with Crippen LogP contribution in [0.2, 0.25) is 0 Å². The SMILES string of the molecule is CCCCCNC(=O)c1ccnc(Nc2ccc(C#N)cc2)n1. The van der Waals surface area contributed by atoms with Crippen LogP contribution in [0.4, 0.5) is 11.6 Å². The van der Waals surface area contributed by atoms with Crippen LogP contribution >= 0.6 is 0 Å². The van der Waals surface area contributed by atoms with Crippen molar-refractivity contribution in [1.29, 1.82) is 5.26 Å². The van der Waals surface area contributed by atoms with E-state index in [1.165, 1.54) is 0 Å². The zero-order valence-electron chi connectivity index (χ0n) is 13.0. The second-order valence-electron chi connectivity index (χ2n) is 5.04. The Morgan fingerprint density at radius 2 is 2.00 bits per heavy atom. The predicted octanol–water partition coefficient (Wildman–Crippen LogP) is 3.01. The summed E-state index contributed by atoms with van der Waals surface area (Å²) >= 11 is 0. The molecule has 0 unspecified atom stereocenters. The number of unbranched alkanes of at least 4 members (excludes halogenated alkanes) is 2. The normalized spacial score (nSPS) is 9.91. The number of rotatable bonds is 7. The van der Waals surface area contributed by atoms with Gasteiger partial charge in [0.15, 0.2) is 0 Å². The highest BCUT2D eigenvalue weighted by Gasteiger charge is 2.08. The number of aromatic nitrogens is 2. The van der Waals surface area contributed by atoms with Crippen LogP contribution < -0.4 is 10.6 Å². The van der Waals surface area contributed by atoms with E-state index >= 15 is 0 Å². The van der Waals surface area contributed by atoms with E-state index in [2.05, 4.69) is 33.6 Å². The molecule has 1 aromatic heterocycles. The number of carbonyl (C=O) groups excluding carboxylic acids is 1. The van der Waals surface area contributed by atoms with Gasteiger partial charge in [-0.15, -0.1) is 0 Å². The van der Waals surface area contributed by atoms with Crippen LogP contribution in [0.5, 0.6) is 0 Å². The molecule has 0 saturated carbocycles. The van der Waals surface area contributed by atoms with Crippen molar-refractivity contribution >= 4 is 17.5 Å². The Hall–Kier alpha value is -2.94. The van der Waals surface area contributed by atoms with Gasteiger partial charge in [0.1, 0.15) is 5.69 Å². The van der Waals surface area contributed by atoms with Crippen LogP contribution in [0.3, 0.4) is 0 Å². The van der Waals surface area contributed by atoms with Crippen LogP contribution in [0, 0.1) is 11.3 Å². The zero-order valence-corrected chi connectivity index (χ0v) is 13.0. The monoisotopic (exact) mass is 309 g/mol. The summed E-state index contributed by atoms with van der Waals surface area (Å²) in [6.45, 7) is 2.77. The van der Waals surface area contributed by atoms with Gasteiger partial charge in [0.2, 0.25) is 5.95 Å². The minimum Gasteiger partial charge on any atom is -0.351 e. The Kier molecular flexibility index (Phi) is 6.07. The molecule has 0 aliphatic carbocycles. The summed E-state index contributed by atoms with van der Waals surface area (Å²) in [7, 11) is 0. The zero-order chi connectivity index (χ0) is 16.5. The fourth-order valence-corrected chi connectivity index (χ4v) is 1.97. The Bertz CT molecular complexity index is 691. The lowest BCUT2D eigenvalue weighted by Gasteiger charge is -2.07. The molecule has 6 nitrogen and oxygen atoms in total. The first-order chi connectivity index (χ1) is 11.2. The topological polar surface area (TPSA) is 90.7 Å². The molecule has 0 bridgehead atoms. The molecule has 1 amide bonds. The minimum absolute atomic E-state index is 0.202. The number of amides is 1. The molecular weight excluding hydrogens is 290 g/mol. The Morgan fingerprint density at radius 3 is 2.70 bits per heavy atom.